The van der Waals surface area contributed by atoms with Gasteiger partial charge >= 0.3 is 0 Å². The van der Waals surface area contributed by atoms with Crippen LogP contribution >= 0.6 is 11.6 Å². The van der Waals surface area contributed by atoms with Crippen LogP contribution < -0.4 is 10.1 Å². The molecule has 0 spiro atoms. The van der Waals surface area contributed by atoms with Crippen LogP contribution in [0, 0.1) is 0 Å². The van der Waals surface area contributed by atoms with Crippen LogP contribution in [-0.4, -0.2) is 31.0 Å². The first-order chi connectivity index (χ1) is 11.1. The Morgan fingerprint density at radius 2 is 1.87 bits per heavy atom. The number of methoxy groups -OCH3 is 1. The molecule has 0 bridgehead atoms. The molecular formula is C18H21ClN2O2. The lowest BCUT2D eigenvalue weighted by Gasteiger charge is -2.21. The summed E-state index contributed by atoms with van der Waals surface area (Å²) in [5.41, 5.74) is 1.69. The molecule has 0 unspecified atom stereocenters. The Labute approximate surface area is 142 Å². The minimum Gasteiger partial charge on any atom is -0.495 e. The number of para-hydroxylation sites is 2. The van der Waals surface area contributed by atoms with Crippen LogP contribution in [0.1, 0.15) is 12.5 Å². The Kier molecular flexibility index (Phi) is 6.44. The quantitative estimate of drug-likeness (QED) is 0.838. The molecule has 0 aromatic heterocycles. The number of amides is 1. The molecule has 0 fully saturated rings. The SMILES string of the molecule is CCN(CC(=O)Nc1ccccc1OC)Cc1ccccc1Cl. The van der Waals surface area contributed by atoms with Gasteiger partial charge in [0.15, 0.2) is 0 Å². The van der Waals surface area contributed by atoms with Gasteiger partial charge in [0.25, 0.3) is 0 Å². The molecule has 0 radical (unpaired) electrons. The lowest BCUT2D eigenvalue weighted by Crippen LogP contribution is -2.32. The molecule has 5 heteroatoms. The maximum absolute atomic E-state index is 12.3. The third kappa shape index (κ3) is 4.98. The first-order valence-electron chi connectivity index (χ1n) is 7.52. The first kappa shape index (κ1) is 17.3. The summed E-state index contributed by atoms with van der Waals surface area (Å²) >= 11 is 6.19. The summed E-state index contributed by atoms with van der Waals surface area (Å²) in [4.78, 5) is 14.3. The highest BCUT2D eigenvalue weighted by Crippen LogP contribution is 2.23. The molecule has 0 saturated carbocycles. The molecule has 0 aliphatic rings. The van der Waals surface area contributed by atoms with E-state index in [2.05, 4.69) is 5.32 Å². The number of carbonyl (C=O) groups is 1. The van der Waals surface area contributed by atoms with Crippen molar-refractivity contribution in [1.82, 2.24) is 4.90 Å². The maximum atomic E-state index is 12.3. The van der Waals surface area contributed by atoms with E-state index in [9.17, 15) is 4.79 Å². The Morgan fingerprint density at radius 3 is 2.57 bits per heavy atom. The molecule has 1 N–H and O–H groups in total. The van der Waals surface area contributed by atoms with Gasteiger partial charge < -0.3 is 10.1 Å². The largest absolute Gasteiger partial charge is 0.495 e. The number of halogens is 1. The number of hydrogen-bond donors (Lipinski definition) is 1. The number of likely N-dealkylation sites (N-methyl/N-ethyl adjacent to an activating group) is 1. The van der Waals surface area contributed by atoms with Crippen molar-refractivity contribution in [3.63, 3.8) is 0 Å². The molecule has 0 aliphatic carbocycles. The van der Waals surface area contributed by atoms with Crippen molar-refractivity contribution in [3.8, 4) is 5.75 Å². The molecule has 0 atom stereocenters. The van der Waals surface area contributed by atoms with E-state index in [0.29, 0.717) is 24.5 Å². The number of nitrogens with one attached hydrogen (secondary N) is 1. The van der Waals surface area contributed by atoms with Crippen LogP contribution in [0.3, 0.4) is 0 Å². The van der Waals surface area contributed by atoms with Gasteiger partial charge in [0, 0.05) is 11.6 Å². The Bertz CT molecular complexity index is 661. The first-order valence-corrected chi connectivity index (χ1v) is 7.90. The topological polar surface area (TPSA) is 41.6 Å². The summed E-state index contributed by atoms with van der Waals surface area (Å²) in [6, 6.07) is 15.0. The molecule has 122 valence electrons. The summed E-state index contributed by atoms with van der Waals surface area (Å²) in [5, 5.41) is 3.61. The zero-order valence-corrected chi connectivity index (χ0v) is 14.1. The van der Waals surface area contributed by atoms with Gasteiger partial charge in [0.1, 0.15) is 5.75 Å². The number of nitrogens with zero attached hydrogens (tertiary/aromatic N) is 1. The van der Waals surface area contributed by atoms with Crippen molar-refractivity contribution in [2.45, 2.75) is 13.5 Å². The van der Waals surface area contributed by atoms with E-state index in [1.165, 1.54) is 0 Å². The van der Waals surface area contributed by atoms with Gasteiger partial charge in [-0.05, 0) is 30.3 Å². The fourth-order valence-corrected chi connectivity index (χ4v) is 2.48. The molecular weight excluding hydrogens is 312 g/mol. The van der Waals surface area contributed by atoms with Crippen LogP contribution in [0.5, 0.6) is 5.75 Å². The third-order valence-corrected chi connectivity index (χ3v) is 3.92. The number of anilines is 1. The highest BCUT2D eigenvalue weighted by atomic mass is 35.5. The zero-order chi connectivity index (χ0) is 16.7. The van der Waals surface area contributed by atoms with Gasteiger partial charge in [-0.15, -0.1) is 0 Å². The molecule has 0 heterocycles. The van der Waals surface area contributed by atoms with Gasteiger partial charge in [-0.3, -0.25) is 9.69 Å². The van der Waals surface area contributed by atoms with Crippen molar-refractivity contribution in [3.05, 3.63) is 59.1 Å². The second kappa shape index (κ2) is 8.56. The number of carbonyl (C=O) groups excluding carboxylic acids is 1. The summed E-state index contributed by atoms with van der Waals surface area (Å²) in [7, 11) is 1.58. The van der Waals surface area contributed by atoms with Gasteiger partial charge in [0.2, 0.25) is 5.91 Å². The summed E-state index contributed by atoms with van der Waals surface area (Å²) in [6.45, 7) is 3.70. The average molecular weight is 333 g/mol. The maximum Gasteiger partial charge on any atom is 0.238 e. The van der Waals surface area contributed by atoms with Crippen LogP contribution in [0.25, 0.3) is 0 Å². The van der Waals surface area contributed by atoms with E-state index < -0.39 is 0 Å². The van der Waals surface area contributed by atoms with E-state index in [1.54, 1.807) is 7.11 Å². The number of ether oxygens (including phenoxy) is 1. The van der Waals surface area contributed by atoms with Crippen LogP contribution in [0.4, 0.5) is 5.69 Å². The fourth-order valence-electron chi connectivity index (χ4n) is 2.29. The van der Waals surface area contributed by atoms with Crippen LogP contribution in [0.15, 0.2) is 48.5 Å². The van der Waals surface area contributed by atoms with Gasteiger partial charge in [-0.1, -0.05) is 48.9 Å². The predicted octanol–water partition coefficient (Wildman–Crippen LogP) is 3.81. The van der Waals surface area contributed by atoms with Gasteiger partial charge in [-0.25, -0.2) is 0 Å². The molecule has 2 aromatic rings. The van der Waals surface area contributed by atoms with Crippen molar-refractivity contribution in [2.24, 2.45) is 0 Å². The second-order valence-corrected chi connectivity index (χ2v) is 5.55. The Balaban J connectivity index is 1.98. The lowest BCUT2D eigenvalue weighted by atomic mass is 10.2. The smallest absolute Gasteiger partial charge is 0.238 e. The fraction of sp³-hybridized carbons (Fsp3) is 0.278. The highest BCUT2D eigenvalue weighted by molar-refractivity contribution is 6.31. The van der Waals surface area contributed by atoms with Gasteiger partial charge in [-0.2, -0.15) is 0 Å². The summed E-state index contributed by atoms with van der Waals surface area (Å²) in [6.07, 6.45) is 0. The monoisotopic (exact) mass is 332 g/mol. The number of benzene rings is 2. The molecule has 1 amide bonds. The highest BCUT2D eigenvalue weighted by Gasteiger charge is 2.13. The van der Waals surface area contributed by atoms with Crippen molar-refractivity contribution >= 4 is 23.2 Å². The molecule has 2 aromatic carbocycles. The van der Waals surface area contributed by atoms with Crippen molar-refractivity contribution in [1.29, 1.82) is 0 Å². The minimum atomic E-state index is -0.0802. The zero-order valence-electron chi connectivity index (χ0n) is 13.4. The van der Waals surface area contributed by atoms with E-state index in [1.807, 2.05) is 60.4 Å². The molecule has 0 aliphatic heterocycles. The number of hydrogen-bond acceptors (Lipinski definition) is 3. The standard InChI is InChI=1S/C18H21ClN2O2/c1-3-21(12-14-8-4-5-9-15(14)19)13-18(22)20-16-10-6-7-11-17(16)23-2/h4-11H,3,12-13H2,1-2H3,(H,20,22). The van der Waals surface area contributed by atoms with E-state index in [-0.39, 0.29) is 5.91 Å². The third-order valence-electron chi connectivity index (χ3n) is 3.55. The minimum absolute atomic E-state index is 0.0802. The molecule has 2 rings (SSSR count). The molecule has 4 nitrogen and oxygen atoms in total. The van der Waals surface area contributed by atoms with E-state index in [4.69, 9.17) is 16.3 Å². The predicted molar refractivity (Wildman–Crippen MR) is 94.0 cm³/mol. The summed E-state index contributed by atoms with van der Waals surface area (Å²) < 4.78 is 5.24. The van der Waals surface area contributed by atoms with Crippen molar-refractivity contribution < 1.29 is 9.53 Å². The Morgan fingerprint density at radius 1 is 1.17 bits per heavy atom. The van der Waals surface area contributed by atoms with Crippen LogP contribution in [-0.2, 0) is 11.3 Å². The Hall–Kier alpha value is -2.04. The molecule has 23 heavy (non-hydrogen) atoms. The lowest BCUT2D eigenvalue weighted by molar-refractivity contribution is -0.117. The van der Waals surface area contributed by atoms with Gasteiger partial charge in [0.05, 0.1) is 19.3 Å². The second-order valence-electron chi connectivity index (χ2n) is 5.14. The van der Waals surface area contributed by atoms with Crippen molar-refractivity contribution in [2.75, 3.05) is 25.5 Å². The molecule has 0 saturated heterocycles. The summed E-state index contributed by atoms with van der Waals surface area (Å²) in [5.74, 6) is 0.568. The average Bonchev–Trinajstić information content (AvgIpc) is 2.56. The van der Waals surface area contributed by atoms with E-state index >= 15 is 0 Å². The number of rotatable bonds is 7. The van der Waals surface area contributed by atoms with E-state index in [0.717, 1.165) is 17.1 Å². The normalized spacial score (nSPS) is 10.6. The van der Waals surface area contributed by atoms with Crippen LogP contribution in [0.2, 0.25) is 5.02 Å².